The zero-order chi connectivity index (χ0) is 19.3. The summed E-state index contributed by atoms with van der Waals surface area (Å²) in [4.78, 5) is 6.83. The fourth-order valence-electron chi connectivity index (χ4n) is 3.80. The second-order valence-corrected chi connectivity index (χ2v) is 7.81. The van der Waals surface area contributed by atoms with Gasteiger partial charge in [-0.3, -0.25) is 10.4 Å². The molecule has 4 nitrogen and oxygen atoms in total. The predicted molar refractivity (Wildman–Crippen MR) is 119 cm³/mol. The van der Waals surface area contributed by atoms with E-state index in [-0.39, 0.29) is 6.04 Å². The molecule has 0 amide bonds. The summed E-state index contributed by atoms with van der Waals surface area (Å²) in [6.07, 6.45) is 4.19. The molecule has 3 aromatic rings. The smallest absolute Gasteiger partial charge is 0.183 e. The summed E-state index contributed by atoms with van der Waals surface area (Å²) in [5.74, 6) is 0.633. The summed E-state index contributed by atoms with van der Waals surface area (Å²) in [6.45, 7) is 4.06. The van der Waals surface area contributed by atoms with Crippen molar-refractivity contribution in [3.63, 3.8) is 0 Å². The second-order valence-electron chi connectivity index (χ2n) is 7.42. The Morgan fingerprint density at radius 3 is 2.46 bits per heavy atom. The molecule has 4 rings (SSSR count). The van der Waals surface area contributed by atoms with E-state index in [1.165, 1.54) is 10.9 Å². The first-order valence-electron chi connectivity index (χ1n) is 9.91. The van der Waals surface area contributed by atoms with E-state index in [1.54, 1.807) is 0 Å². The maximum absolute atomic E-state index is 5.61. The van der Waals surface area contributed by atoms with E-state index < -0.39 is 0 Å². The molecule has 1 saturated heterocycles. The third-order valence-corrected chi connectivity index (χ3v) is 5.90. The molecule has 1 aliphatic rings. The van der Waals surface area contributed by atoms with Crippen molar-refractivity contribution in [2.45, 2.75) is 31.7 Å². The zero-order valence-corrected chi connectivity index (χ0v) is 17.0. The molecule has 1 fully saturated rings. The molecule has 1 unspecified atom stereocenters. The van der Waals surface area contributed by atoms with Crippen molar-refractivity contribution in [2.75, 3.05) is 13.1 Å². The van der Waals surface area contributed by atoms with E-state index in [0.717, 1.165) is 42.1 Å². The van der Waals surface area contributed by atoms with Gasteiger partial charge in [-0.2, -0.15) is 0 Å². The number of aromatic nitrogens is 1. The van der Waals surface area contributed by atoms with Gasteiger partial charge in [0.25, 0.3) is 0 Å². The van der Waals surface area contributed by atoms with Gasteiger partial charge in [-0.05, 0) is 54.9 Å². The van der Waals surface area contributed by atoms with Crippen LogP contribution in [0.3, 0.4) is 0 Å². The van der Waals surface area contributed by atoms with Crippen LogP contribution in [0.4, 0.5) is 0 Å². The van der Waals surface area contributed by atoms with E-state index >= 15 is 0 Å². The van der Waals surface area contributed by atoms with E-state index in [9.17, 15) is 0 Å². The number of nitrogens with zero attached hydrogens (tertiary/aromatic N) is 2. The molecular weight excluding hydrogens is 364 g/mol. The molecule has 0 aliphatic carbocycles. The number of rotatable bonds is 4. The average Bonchev–Trinajstić information content (AvgIpc) is 2.77. The summed E-state index contributed by atoms with van der Waals surface area (Å²) in [6, 6.07) is 21.3. The van der Waals surface area contributed by atoms with Crippen LogP contribution in [0.1, 0.15) is 43.0 Å². The minimum absolute atomic E-state index is 0.0596. The molecule has 0 saturated carbocycles. The lowest BCUT2D eigenvalue weighted by Gasteiger charge is -2.34. The van der Waals surface area contributed by atoms with E-state index in [4.69, 9.17) is 12.2 Å². The number of pyridine rings is 1. The van der Waals surface area contributed by atoms with Crippen molar-refractivity contribution >= 4 is 28.1 Å². The average molecular weight is 391 g/mol. The molecule has 144 valence electrons. The first-order valence-corrected chi connectivity index (χ1v) is 10.3. The normalized spacial score (nSPS) is 16.1. The molecule has 1 aliphatic heterocycles. The number of likely N-dealkylation sites (tertiary alicyclic amines) is 1. The third kappa shape index (κ3) is 4.32. The fourth-order valence-corrected chi connectivity index (χ4v) is 4.04. The number of hydrogen-bond acceptors (Lipinski definition) is 3. The van der Waals surface area contributed by atoms with Crippen molar-refractivity contribution in [3.05, 3.63) is 78.1 Å². The SMILES string of the molecule is CC(NNC(=S)N1CCC(c2ccccc2)CC1)c1cc2ccccc2cn1. The topological polar surface area (TPSA) is 40.2 Å². The molecule has 0 spiro atoms. The summed E-state index contributed by atoms with van der Waals surface area (Å²) < 4.78 is 0. The van der Waals surface area contributed by atoms with Gasteiger partial charge in [0, 0.05) is 24.7 Å². The van der Waals surface area contributed by atoms with Crippen LogP contribution >= 0.6 is 12.2 Å². The van der Waals surface area contributed by atoms with Gasteiger partial charge >= 0.3 is 0 Å². The lowest BCUT2D eigenvalue weighted by Crippen LogP contribution is -2.49. The maximum atomic E-state index is 5.61. The Morgan fingerprint density at radius 2 is 1.71 bits per heavy atom. The van der Waals surface area contributed by atoms with Crippen LogP contribution in [0, 0.1) is 0 Å². The van der Waals surface area contributed by atoms with Gasteiger partial charge in [0.15, 0.2) is 5.11 Å². The molecule has 2 aromatic carbocycles. The van der Waals surface area contributed by atoms with Gasteiger partial charge < -0.3 is 4.90 Å². The molecule has 2 heterocycles. The van der Waals surface area contributed by atoms with Crippen LogP contribution in [0.25, 0.3) is 10.8 Å². The van der Waals surface area contributed by atoms with Crippen LogP contribution in [0.2, 0.25) is 0 Å². The van der Waals surface area contributed by atoms with Gasteiger partial charge in [-0.25, -0.2) is 5.43 Å². The quantitative estimate of drug-likeness (QED) is 0.505. The third-order valence-electron chi connectivity index (χ3n) is 5.54. The van der Waals surface area contributed by atoms with Crippen molar-refractivity contribution in [3.8, 4) is 0 Å². The fraction of sp³-hybridized carbons (Fsp3) is 0.304. The number of thiocarbonyl (C=S) groups is 1. The molecule has 0 bridgehead atoms. The van der Waals surface area contributed by atoms with Crippen molar-refractivity contribution in [1.82, 2.24) is 20.7 Å². The Hall–Kier alpha value is -2.50. The monoisotopic (exact) mass is 390 g/mol. The highest BCUT2D eigenvalue weighted by molar-refractivity contribution is 7.80. The van der Waals surface area contributed by atoms with E-state index in [0.29, 0.717) is 5.92 Å². The van der Waals surface area contributed by atoms with Crippen LogP contribution in [0.5, 0.6) is 0 Å². The molecule has 28 heavy (non-hydrogen) atoms. The molecule has 1 aromatic heterocycles. The van der Waals surface area contributed by atoms with Crippen molar-refractivity contribution < 1.29 is 0 Å². The van der Waals surface area contributed by atoms with Gasteiger partial charge in [-0.15, -0.1) is 0 Å². The van der Waals surface area contributed by atoms with Crippen molar-refractivity contribution in [2.24, 2.45) is 0 Å². The lowest BCUT2D eigenvalue weighted by molar-refractivity contribution is 0.304. The highest BCUT2D eigenvalue weighted by Gasteiger charge is 2.22. The first kappa shape index (κ1) is 18.8. The van der Waals surface area contributed by atoms with E-state index in [1.807, 2.05) is 12.3 Å². The van der Waals surface area contributed by atoms with Crippen LogP contribution in [0.15, 0.2) is 66.9 Å². The minimum Gasteiger partial charge on any atom is -0.348 e. The first-order chi connectivity index (χ1) is 13.7. The van der Waals surface area contributed by atoms with Crippen LogP contribution in [-0.2, 0) is 0 Å². The molecular formula is C23H26N4S. The molecule has 1 atom stereocenters. The molecule has 5 heteroatoms. The highest BCUT2D eigenvalue weighted by Crippen LogP contribution is 2.27. The lowest BCUT2D eigenvalue weighted by atomic mass is 9.90. The van der Waals surface area contributed by atoms with Crippen molar-refractivity contribution in [1.29, 1.82) is 0 Å². The zero-order valence-electron chi connectivity index (χ0n) is 16.1. The molecule has 2 N–H and O–H groups in total. The Balaban J connectivity index is 1.29. The van der Waals surface area contributed by atoms with Gasteiger partial charge in [0.05, 0.1) is 11.7 Å². The largest absolute Gasteiger partial charge is 0.348 e. The second kappa shape index (κ2) is 8.67. The Bertz CT molecular complexity index is 935. The Morgan fingerprint density at radius 1 is 1.04 bits per heavy atom. The van der Waals surface area contributed by atoms with Crippen LogP contribution in [-0.4, -0.2) is 28.1 Å². The van der Waals surface area contributed by atoms with Gasteiger partial charge in [-0.1, -0.05) is 54.6 Å². The van der Waals surface area contributed by atoms with Gasteiger partial charge in [0.2, 0.25) is 0 Å². The number of hydrogen-bond donors (Lipinski definition) is 2. The Kier molecular flexibility index (Phi) is 5.84. The number of nitrogens with one attached hydrogen (secondary N) is 2. The minimum atomic E-state index is 0.0596. The maximum Gasteiger partial charge on any atom is 0.183 e. The number of benzene rings is 2. The Labute approximate surface area is 171 Å². The number of fused-ring (bicyclic) bond motifs is 1. The summed E-state index contributed by atoms with van der Waals surface area (Å²) >= 11 is 5.61. The molecule has 0 radical (unpaired) electrons. The van der Waals surface area contributed by atoms with E-state index in [2.05, 4.69) is 82.3 Å². The summed E-state index contributed by atoms with van der Waals surface area (Å²) in [5.41, 5.74) is 8.97. The summed E-state index contributed by atoms with van der Waals surface area (Å²) in [7, 11) is 0. The van der Waals surface area contributed by atoms with Crippen LogP contribution < -0.4 is 10.9 Å². The summed E-state index contributed by atoms with van der Waals surface area (Å²) in [5, 5.41) is 3.12. The highest BCUT2D eigenvalue weighted by atomic mass is 32.1. The number of piperidine rings is 1. The number of hydrazine groups is 1. The van der Waals surface area contributed by atoms with Gasteiger partial charge in [0.1, 0.15) is 0 Å². The predicted octanol–water partition coefficient (Wildman–Crippen LogP) is 4.55. The standard InChI is InChI=1S/C23H26N4S/c1-17(22-15-20-9-5-6-10-21(20)16-24-22)25-26-23(28)27-13-11-19(12-14-27)18-7-3-2-4-8-18/h2-10,15-17,19,25H,11-14H2,1H3,(H,26,28).